The highest BCUT2D eigenvalue weighted by molar-refractivity contribution is 7.92. The fraction of sp³-hybridized carbons (Fsp3) is 0.462. The molecule has 0 saturated heterocycles. The molecule has 0 heterocycles. The second kappa shape index (κ2) is 12.6. The van der Waals surface area contributed by atoms with Gasteiger partial charge < -0.3 is 10.2 Å². The van der Waals surface area contributed by atoms with Crippen molar-refractivity contribution in [3.05, 3.63) is 65.7 Å². The Bertz CT molecular complexity index is 1050. The van der Waals surface area contributed by atoms with Crippen LogP contribution in [0.3, 0.4) is 0 Å². The minimum absolute atomic E-state index is 0.0355. The van der Waals surface area contributed by atoms with Crippen LogP contribution in [0.4, 0.5) is 5.69 Å². The van der Waals surface area contributed by atoms with E-state index in [4.69, 9.17) is 0 Å². The van der Waals surface area contributed by atoms with Crippen molar-refractivity contribution in [1.29, 1.82) is 0 Å². The lowest BCUT2D eigenvalue weighted by Crippen LogP contribution is -2.50. The molecule has 0 bridgehead atoms. The highest BCUT2D eigenvalue weighted by atomic mass is 32.2. The van der Waals surface area contributed by atoms with Crippen molar-refractivity contribution in [3.63, 3.8) is 0 Å². The summed E-state index contributed by atoms with van der Waals surface area (Å²) in [5.41, 5.74) is 2.60. The number of benzene rings is 2. The third kappa shape index (κ3) is 8.17. The van der Waals surface area contributed by atoms with Gasteiger partial charge in [0.15, 0.2) is 0 Å². The molecule has 0 fully saturated rings. The number of anilines is 1. The first-order valence-electron chi connectivity index (χ1n) is 11.7. The Balaban J connectivity index is 2.20. The second-order valence-electron chi connectivity index (χ2n) is 8.87. The predicted octanol–water partition coefficient (Wildman–Crippen LogP) is 3.87. The van der Waals surface area contributed by atoms with Gasteiger partial charge in [0.1, 0.15) is 6.04 Å². The molecule has 2 aromatic rings. The molecule has 0 saturated carbocycles. The van der Waals surface area contributed by atoms with Crippen molar-refractivity contribution in [1.82, 2.24) is 10.2 Å². The van der Waals surface area contributed by atoms with Gasteiger partial charge in [0.2, 0.25) is 21.8 Å². The van der Waals surface area contributed by atoms with Crippen LogP contribution in [0.15, 0.2) is 54.6 Å². The van der Waals surface area contributed by atoms with E-state index < -0.39 is 16.1 Å². The molecule has 0 aliphatic heterocycles. The van der Waals surface area contributed by atoms with Gasteiger partial charge in [-0.05, 0) is 51.3 Å². The third-order valence-corrected chi connectivity index (χ3v) is 6.64. The number of nitrogens with one attached hydrogen (secondary N) is 1. The number of carbonyl (C=O) groups is 2. The van der Waals surface area contributed by atoms with Crippen LogP contribution in [0.2, 0.25) is 0 Å². The lowest BCUT2D eigenvalue weighted by Gasteiger charge is -2.31. The number of nitrogens with zero attached hydrogens (tertiary/aromatic N) is 2. The Morgan fingerprint density at radius 3 is 2.26 bits per heavy atom. The number of hydrogen-bond acceptors (Lipinski definition) is 4. The van der Waals surface area contributed by atoms with Crippen LogP contribution >= 0.6 is 0 Å². The quantitative estimate of drug-likeness (QED) is 0.492. The molecule has 34 heavy (non-hydrogen) atoms. The van der Waals surface area contributed by atoms with Crippen LogP contribution in [-0.4, -0.2) is 50.0 Å². The highest BCUT2D eigenvalue weighted by Gasteiger charge is 2.29. The van der Waals surface area contributed by atoms with Crippen LogP contribution in [0.25, 0.3) is 0 Å². The first-order chi connectivity index (χ1) is 16.0. The molecule has 0 spiro atoms. The summed E-state index contributed by atoms with van der Waals surface area (Å²) >= 11 is 0. The average molecular weight is 488 g/mol. The molecule has 0 radical (unpaired) electrons. The maximum Gasteiger partial charge on any atom is 0.243 e. The van der Waals surface area contributed by atoms with Crippen molar-refractivity contribution < 1.29 is 18.0 Å². The van der Waals surface area contributed by atoms with Crippen molar-refractivity contribution >= 4 is 27.5 Å². The largest absolute Gasteiger partial charge is 0.352 e. The summed E-state index contributed by atoms with van der Waals surface area (Å²) in [7, 11) is -3.49. The summed E-state index contributed by atoms with van der Waals surface area (Å²) in [6, 6.07) is 16.1. The van der Waals surface area contributed by atoms with Crippen LogP contribution < -0.4 is 9.62 Å². The summed E-state index contributed by atoms with van der Waals surface area (Å²) in [6.45, 7) is 8.16. The molecule has 0 aromatic heterocycles. The van der Waals surface area contributed by atoms with Crippen LogP contribution in [0.1, 0.15) is 51.2 Å². The molecule has 0 aliphatic carbocycles. The fourth-order valence-corrected chi connectivity index (χ4v) is 4.87. The van der Waals surface area contributed by atoms with Crippen LogP contribution in [0.5, 0.6) is 0 Å². The zero-order chi connectivity index (χ0) is 25.3. The van der Waals surface area contributed by atoms with Gasteiger partial charge in [-0.2, -0.15) is 0 Å². The number of rotatable bonds is 12. The van der Waals surface area contributed by atoms with Crippen molar-refractivity contribution in [3.8, 4) is 0 Å². The molecule has 2 amide bonds. The van der Waals surface area contributed by atoms with Gasteiger partial charge in [-0.15, -0.1) is 0 Å². The number of para-hydroxylation sites is 1. The standard InChI is InChI=1S/C26H37N3O4S/c1-6-24(26(31)27-20(2)3)28(19-22-13-10-12-21(4)18-22)25(30)16-11-17-29(34(5,32)33)23-14-8-7-9-15-23/h7-10,12-15,18,20,24H,6,11,16-17,19H2,1-5H3,(H,27,31). The monoisotopic (exact) mass is 487 g/mol. The summed E-state index contributed by atoms with van der Waals surface area (Å²) in [5.74, 6) is -0.352. The van der Waals surface area contributed by atoms with Gasteiger partial charge in [0.05, 0.1) is 11.9 Å². The first kappa shape index (κ1) is 27.4. The zero-order valence-electron chi connectivity index (χ0n) is 20.8. The minimum Gasteiger partial charge on any atom is -0.352 e. The zero-order valence-corrected chi connectivity index (χ0v) is 21.6. The normalized spacial score (nSPS) is 12.3. The Labute approximate surface area is 204 Å². The molecule has 7 nitrogen and oxygen atoms in total. The summed E-state index contributed by atoms with van der Waals surface area (Å²) in [4.78, 5) is 27.9. The van der Waals surface area contributed by atoms with E-state index in [1.54, 1.807) is 29.2 Å². The Morgan fingerprint density at radius 1 is 1.03 bits per heavy atom. The summed E-state index contributed by atoms with van der Waals surface area (Å²) in [6.07, 6.45) is 2.12. The van der Waals surface area contributed by atoms with Crippen molar-refractivity contribution in [2.75, 3.05) is 17.1 Å². The number of sulfonamides is 1. The molecule has 0 aliphatic rings. The summed E-state index contributed by atoms with van der Waals surface area (Å²) < 4.78 is 26.0. The van der Waals surface area contributed by atoms with E-state index in [0.717, 1.165) is 17.4 Å². The van der Waals surface area contributed by atoms with E-state index in [-0.39, 0.29) is 30.8 Å². The van der Waals surface area contributed by atoms with Gasteiger partial charge in [-0.1, -0.05) is 55.0 Å². The van der Waals surface area contributed by atoms with Crippen molar-refractivity contribution in [2.24, 2.45) is 0 Å². The molecule has 1 unspecified atom stereocenters. The third-order valence-electron chi connectivity index (χ3n) is 5.45. The first-order valence-corrected chi connectivity index (χ1v) is 13.6. The highest BCUT2D eigenvalue weighted by Crippen LogP contribution is 2.19. The van der Waals surface area contributed by atoms with E-state index in [1.165, 1.54) is 4.31 Å². The predicted molar refractivity (Wildman–Crippen MR) is 137 cm³/mol. The van der Waals surface area contributed by atoms with Gasteiger partial charge >= 0.3 is 0 Å². The molecule has 1 N–H and O–H groups in total. The van der Waals surface area contributed by atoms with E-state index in [9.17, 15) is 18.0 Å². The molecular weight excluding hydrogens is 450 g/mol. The number of carbonyl (C=O) groups excluding carboxylic acids is 2. The molecule has 1 atom stereocenters. The maximum atomic E-state index is 13.4. The smallest absolute Gasteiger partial charge is 0.243 e. The average Bonchev–Trinajstić information content (AvgIpc) is 2.75. The van der Waals surface area contributed by atoms with E-state index in [0.29, 0.717) is 25.1 Å². The number of aryl methyl sites for hydroxylation is 1. The molecule has 8 heteroatoms. The Hall–Kier alpha value is -2.87. The number of hydrogen-bond donors (Lipinski definition) is 1. The maximum absolute atomic E-state index is 13.4. The topological polar surface area (TPSA) is 86.8 Å². The van der Waals surface area contributed by atoms with Crippen LogP contribution in [0, 0.1) is 6.92 Å². The Morgan fingerprint density at radius 2 is 1.71 bits per heavy atom. The molecule has 2 aromatic carbocycles. The van der Waals surface area contributed by atoms with E-state index in [2.05, 4.69) is 5.32 Å². The van der Waals surface area contributed by atoms with Gasteiger partial charge in [0, 0.05) is 25.6 Å². The lowest BCUT2D eigenvalue weighted by molar-refractivity contribution is -0.141. The lowest BCUT2D eigenvalue weighted by atomic mass is 10.1. The van der Waals surface area contributed by atoms with Gasteiger partial charge in [-0.25, -0.2) is 8.42 Å². The second-order valence-corrected chi connectivity index (χ2v) is 10.8. The summed E-state index contributed by atoms with van der Waals surface area (Å²) in [5, 5.41) is 2.92. The SMILES string of the molecule is CCC(C(=O)NC(C)C)N(Cc1cccc(C)c1)C(=O)CCCN(c1ccccc1)S(C)(=O)=O. The molecular formula is C26H37N3O4S. The minimum atomic E-state index is -3.49. The number of amides is 2. The van der Waals surface area contributed by atoms with Crippen LogP contribution in [-0.2, 0) is 26.2 Å². The molecule has 186 valence electrons. The Kier molecular flexibility index (Phi) is 10.1. The van der Waals surface area contributed by atoms with Crippen molar-refractivity contribution in [2.45, 2.75) is 65.6 Å². The van der Waals surface area contributed by atoms with Gasteiger partial charge in [-0.3, -0.25) is 13.9 Å². The van der Waals surface area contributed by atoms with Gasteiger partial charge in [0.25, 0.3) is 0 Å². The van der Waals surface area contributed by atoms with E-state index >= 15 is 0 Å². The fourth-order valence-electron chi connectivity index (χ4n) is 3.91. The van der Waals surface area contributed by atoms with E-state index in [1.807, 2.05) is 58.0 Å². The molecule has 2 rings (SSSR count).